The number of nitrogens with zero attached hydrogens (tertiary/aromatic N) is 2. The van der Waals surface area contributed by atoms with E-state index in [4.69, 9.17) is 13.6 Å². The van der Waals surface area contributed by atoms with Crippen molar-refractivity contribution in [3.05, 3.63) is 66.2 Å². The van der Waals surface area contributed by atoms with Gasteiger partial charge in [0.05, 0.1) is 12.4 Å². The third kappa shape index (κ3) is 4.01. The van der Waals surface area contributed by atoms with Crippen LogP contribution < -0.4 is 10.1 Å². The standard InChI is InChI=1S/C20H17N3O4S/c1-2-25-15-10-6-7-13-11-16(26-18(13)15)19(24)21-20-23-22-17(27-20)12-28-14-8-4-3-5-9-14/h3-11H,2,12H2,1H3,(H,21,23,24). The number of carbonyl (C=O) groups is 1. The highest BCUT2D eigenvalue weighted by molar-refractivity contribution is 7.98. The predicted octanol–water partition coefficient (Wildman–Crippen LogP) is 4.76. The van der Waals surface area contributed by atoms with Gasteiger partial charge in [-0.25, -0.2) is 0 Å². The number of hydrogen-bond acceptors (Lipinski definition) is 7. The maximum atomic E-state index is 12.5. The number of para-hydroxylation sites is 1. The number of carbonyl (C=O) groups excluding carboxylic acids is 1. The molecule has 0 unspecified atom stereocenters. The number of aromatic nitrogens is 2. The molecule has 1 amide bonds. The molecule has 28 heavy (non-hydrogen) atoms. The van der Waals surface area contributed by atoms with Gasteiger partial charge in [0.1, 0.15) is 0 Å². The van der Waals surface area contributed by atoms with E-state index >= 15 is 0 Å². The summed E-state index contributed by atoms with van der Waals surface area (Å²) in [5, 5.41) is 11.2. The number of rotatable bonds is 7. The van der Waals surface area contributed by atoms with Gasteiger partial charge in [0, 0.05) is 10.3 Å². The topological polar surface area (TPSA) is 90.4 Å². The first kappa shape index (κ1) is 18.1. The first-order chi connectivity index (χ1) is 13.7. The Bertz CT molecular complexity index is 1090. The molecule has 0 aliphatic heterocycles. The van der Waals surface area contributed by atoms with Gasteiger partial charge in [-0.2, -0.15) is 0 Å². The summed E-state index contributed by atoms with van der Waals surface area (Å²) in [4.78, 5) is 13.6. The number of thioether (sulfide) groups is 1. The molecule has 142 valence electrons. The number of nitrogens with one attached hydrogen (secondary N) is 1. The van der Waals surface area contributed by atoms with Crippen LogP contribution in [0.1, 0.15) is 23.4 Å². The van der Waals surface area contributed by atoms with Gasteiger partial charge in [0.2, 0.25) is 5.89 Å². The largest absolute Gasteiger partial charge is 0.490 e. The van der Waals surface area contributed by atoms with Crippen molar-refractivity contribution >= 4 is 34.7 Å². The number of anilines is 1. The molecular weight excluding hydrogens is 378 g/mol. The van der Waals surface area contributed by atoms with Crippen molar-refractivity contribution in [1.29, 1.82) is 0 Å². The lowest BCUT2D eigenvalue weighted by Gasteiger charge is -2.02. The maximum Gasteiger partial charge on any atom is 0.322 e. The molecule has 7 nitrogen and oxygen atoms in total. The van der Waals surface area contributed by atoms with Crippen molar-refractivity contribution in [2.75, 3.05) is 11.9 Å². The minimum absolute atomic E-state index is 0.0270. The summed E-state index contributed by atoms with van der Waals surface area (Å²) in [6.07, 6.45) is 0. The minimum Gasteiger partial charge on any atom is -0.490 e. The average Bonchev–Trinajstić information content (AvgIpc) is 3.35. The molecule has 2 aromatic heterocycles. The van der Waals surface area contributed by atoms with Crippen LogP contribution in [-0.2, 0) is 5.75 Å². The number of benzene rings is 2. The molecule has 0 radical (unpaired) electrons. The lowest BCUT2D eigenvalue weighted by atomic mass is 10.2. The second kappa shape index (κ2) is 8.18. The molecule has 2 heterocycles. The zero-order valence-electron chi connectivity index (χ0n) is 15.0. The molecule has 0 bridgehead atoms. The van der Waals surface area contributed by atoms with E-state index in [1.807, 2.05) is 49.4 Å². The summed E-state index contributed by atoms with van der Waals surface area (Å²) in [6, 6.07) is 17.1. The Balaban J connectivity index is 1.43. The number of amides is 1. The molecule has 0 saturated carbocycles. The Kier molecular flexibility index (Phi) is 5.29. The van der Waals surface area contributed by atoms with Gasteiger partial charge in [-0.05, 0) is 31.2 Å². The molecule has 0 spiro atoms. The minimum atomic E-state index is -0.468. The summed E-state index contributed by atoms with van der Waals surface area (Å²) in [7, 11) is 0. The SMILES string of the molecule is CCOc1cccc2cc(C(=O)Nc3nnc(CSc4ccccc4)o3)oc12. The van der Waals surface area contributed by atoms with Gasteiger partial charge in [0.15, 0.2) is 17.1 Å². The highest BCUT2D eigenvalue weighted by Gasteiger charge is 2.17. The third-order valence-corrected chi connectivity index (χ3v) is 4.82. The first-order valence-corrected chi connectivity index (χ1v) is 9.68. The van der Waals surface area contributed by atoms with Gasteiger partial charge >= 0.3 is 6.01 Å². The van der Waals surface area contributed by atoms with Crippen molar-refractivity contribution in [3.63, 3.8) is 0 Å². The Morgan fingerprint density at radius 1 is 1.11 bits per heavy atom. The van der Waals surface area contributed by atoms with Gasteiger partial charge in [-0.1, -0.05) is 35.4 Å². The molecule has 8 heteroatoms. The third-order valence-electron chi connectivity index (χ3n) is 3.82. The highest BCUT2D eigenvalue weighted by atomic mass is 32.2. The van der Waals surface area contributed by atoms with E-state index < -0.39 is 5.91 Å². The number of hydrogen-bond donors (Lipinski definition) is 1. The van der Waals surface area contributed by atoms with Crippen LogP contribution in [0.25, 0.3) is 11.0 Å². The fraction of sp³-hybridized carbons (Fsp3) is 0.150. The van der Waals surface area contributed by atoms with Crippen LogP contribution in [0.4, 0.5) is 6.01 Å². The van der Waals surface area contributed by atoms with E-state index in [1.165, 1.54) is 0 Å². The van der Waals surface area contributed by atoms with Crippen LogP contribution in [0.5, 0.6) is 5.75 Å². The van der Waals surface area contributed by atoms with Crippen molar-refractivity contribution < 1.29 is 18.4 Å². The zero-order chi connectivity index (χ0) is 19.3. The quantitative estimate of drug-likeness (QED) is 0.451. The van der Waals surface area contributed by atoms with E-state index in [9.17, 15) is 4.79 Å². The first-order valence-electron chi connectivity index (χ1n) is 8.70. The maximum absolute atomic E-state index is 12.5. The number of fused-ring (bicyclic) bond motifs is 1. The second-order valence-corrected chi connectivity index (χ2v) is 6.82. The lowest BCUT2D eigenvalue weighted by Crippen LogP contribution is -2.11. The summed E-state index contributed by atoms with van der Waals surface area (Å²) < 4.78 is 16.7. The van der Waals surface area contributed by atoms with Crippen LogP contribution in [-0.4, -0.2) is 22.7 Å². The van der Waals surface area contributed by atoms with Crippen molar-refractivity contribution in [3.8, 4) is 5.75 Å². The monoisotopic (exact) mass is 395 g/mol. The molecule has 2 aromatic carbocycles. The van der Waals surface area contributed by atoms with E-state index in [-0.39, 0.29) is 11.8 Å². The number of ether oxygens (including phenoxy) is 1. The number of furan rings is 1. The fourth-order valence-electron chi connectivity index (χ4n) is 2.60. The molecule has 4 aromatic rings. The van der Waals surface area contributed by atoms with Gasteiger partial charge in [-0.15, -0.1) is 16.9 Å². The van der Waals surface area contributed by atoms with Gasteiger partial charge < -0.3 is 13.6 Å². The smallest absolute Gasteiger partial charge is 0.322 e. The molecule has 0 atom stereocenters. The van der Waals surface area contributed by atoms with E-state index in [1.54, 1.807) is 23.9 Å². The predicted molar refractivity (Wildman–Crippen MR) is 106 cm³/mol. The molecule has 0 fully saturated rings. The molecule has 0 aliphatic carbocycles. The lowest BCUT2D eigenvalue weighted by molar-refractivity contribution is 0.0995. The van der Waals surface area contributed by atoms with Crippen LogP contribution in [0, 0.1) is 0 Å². The normalized spacial score (nSPS) is 10.9. The summed E-state index contributed by atoms with van der Waals surface area (Å²) in [6.45, 7) is 2.39. The molecule has 1 N–H and O–H groups in total. The van der Waals surface area contributed by atoms with Crippen molar-refractivity contribution in [1.82, 2.24) is 10.2 Å². The molecule has 0 saturated heterocycles. The Labute approximate surface area is 165 Å². The van der Waals surface area contributed by atoms with Gasteiger partial charge in [-0.3, -0.25) is 10.1 Å². The van der Waals surface area contributed by atoms with Crippen LogP contribution in [0.15, 0.2) is 68.3 Å². The van der Waals surface area contributed by atoms with Gasteiger partial charge in [0.25, 0.3) is 5.91 Å². The molecule has 4 rings (SSSR count). The van der Waals surface area contributed by atoms with E-state index in [2.05, 4.69) is 15.5 Å². The Morgan fingerprint density at radius 3 is 2.79 bits per heavy atom. The molecular formula is C20H17N3O4S. The van der Waals surface area contributed by atoms with Crippen LogP contribution in [0.2, 0.25) is 0 Å². The van der Waals surface area contributed by atoms with Crippen molar-refractivity contribution in [2.45, 2.75) is 17.6 Å². The highest BCUT2D eigenvalue weighted by Crippen LogP contribution is 2.29. The van der Waals surface area contributed by atoms with E-state index in [0.717, 1.165) is 10.3 Å². The fourth-order valence-corrected chi connectivity index (χ4v) is 3.36. The summed E-state index contributed by atoms with van der Waals surface area (Å²) in [5.74, 6) is 1.20. The zero-order valence-corrected chi connectivity index (χ0v) is 15.9. The van der Waals surface area contributed by atoms with Crippen LogP contribution >= 0.6 is 11.8 Å². The summed E-state index contributed by atoms with van der Waals surface area (Å²) >= 11 is 1.57. The Morgan fingerprint density at radius 2 is 1.96 bits per heavy atom. The molecule has 0 aliphatic rings. The Hall–Kier alpha value is -3.26. The summed E-state index contributed by atoms with van der Waals surface area (Å²) in [5.41, 5.74) is 0.528. The van der Waals surface area contributed by atoms with Crippen molar-refractivity contribution in [2.24, 2.45) is 0 Å². The van der Waals surface area contributed by atoms with Crippen LogP contribution in [0.3, 0.4) is 0 Å². The van der Waals surface area contributed by atoms with E-state index in [0.29, 0.717) is 29.6 Å². The average molecular weight is 395 g/mol. The second-order valence-electron chi connectivity index (χ2n) is 5.77.